The molecule has 0 radical (unpaired) electrons. The van der Waals surface area contributed by atoms with Gasteiger partial charge in [0.05, 0.1) is 17.3 Å². The van der Waals surface area contributed by atoms with Crippen LogP contribution in [0.5, 0.6) is 0 Å². The van der Waals surface area contributed by atoms with Crippen LogP contribution < -0.4 is 9.70 Å². The summed E-state index contributed by atoms with van der Waals surface area (Å²) in [5, 5.41) is 0. The first-order valence-corrected chi connectivity index (χ1v) is 9.65. The van der Waals surface area contributed by atoms with Crippen LogP contribution in [0.4, 0.5) is 5.69 Å². The molecule has 0 bridgehead atoms. The predicted octanol–water partition coefficient (Wildman–Crippen LogP) is 3.30. The Morgan fingerprint density at radius 2 is 1.82 bits per heavy atom. The van der Waals surface area contributed by atoms with Gasteiger partial charge in [-0.1, -0.05) is 17.4 Å². The third kappa shape index (κ3) is 3.99. The number of thiazole rings is 1. The van der Waals surface area contributed by atoms with Crippen LogP contribution in [0.3, 0.4) is 0 Å². The second-order valence-corrected chi connectivity index (χ2v) is 7.84. The number of ether oxygens (including phenoxy) is 1. The third-order valence-corrected chi connectivity index (χ3v) is 5.48. The number of amides is 1. The van der Waals surface area contributed by atoms with Crippen LogP contribution >= 0.6 is 11.3 Å². The monoisotopic (exact) mass is 397 g/mol. The van der Waals surface area contributed by atoms with E-state index in [1.54, 1.807) is 16.7 Å². The van der Waals surface area contributed by atoms with Gasteiger partial charge >= 0.3 is 5.97 Å². The van der Waals surface area contributed by atoms with E-state index in [0.29, 0.717) is 10.4 Å². The number of aryl methyl sites for hydroxylation is 2. The van der Waals surface area contributed by atoms with Crippen LogP contribution in [0.2, 0.25) is 0 Å². The molecule has 146 valence electrons. The van der Waals surface area contributed by atoms with E-state index in [9.17, 15) is 9.59 Å². The summed E-state index contributed by atoms with van der Waals surface area (Å²) < 4.78 is 7.57. The van der Waals surface area contributed by atoms with Crippen LogP contribution in [0.1, 0.15) is 21.5 Å². The molecule has 0 aliphatic carbocycles. The highest BCUT2D eigenvalue weighted by Gasteiger charge is 2.14. The summed E-state index contributed by atoms with van der Waals surface area (Å²) >= 11 is 1.40. The van der Waals surface area contributed by atoms with Crippen molar-refractivity contribution in [2.45, 2.75) is 20.4 Å². The quantitative estimate of drug-likeness (QED) is 0.634. The maximum atomic E-state index is 12.7. The number of methoxy groups -OCH3 is 1. The molecular formula is C21H23N3O3S. The van der Waals surface area contributed by atoms with E-state index < -0.39 is 0 Å². The number of fused-ring (bicyclic) bond motifs is 1. The zero-order valence-electron chi connectivity index (χ0n) is 16.6. The number of esters is 1. The van der Waals surface area contributed by atoms with Gasteiger partial charge in [-0.3, -0.25) is 9.59 Å². The molecule has 3 rings (SSSR count). The topological polar surface area (TPSA) is 63.9 Å². The van der Waals surface area contributed by atoms with Crippen molar-refractivity contribution < 1.29 is 14.3 Å². The van der Waals surface area contributed by atoms with Crippen molar-refractivity contribution in [1.29, 1.82) is 0 Å². The smallest absolute Gasteiger partial charge is 0.325 e. The first kappa shape index (κ1) is 19.8. The molecule has 0 N–H and O–H groups in total. The Balaban J connectivity index is 2.12. The Morgan fingerprint density at radius 1 is 1.14 bits per heavy atom. The van der Waals surface area contributed by atoms with Crippen molar-refractivity contribution >= 4 is 39.1 Å². The molecule has 1 heterocycles. The molecule has 2 aromatic carbocycles. The first-order chi connectivity index (χ1) is 13.3. The number of aromatic nitrogens is 1. The fourth-order valence-electron chi connectivity index (χ4n) is 3.07. The normalized spacial score (nSPS) is 11.7. The average molecular weight is 398 g/mol. The Labute approximate surface area is 167 Å². The molecule has 1 aromatic heterocycles. The average Bonchev–Trinajstić information content (AvgIpc) is 2.98. The van der Waals surface area contributed by atoms with Gasteiger partial charge in [-0.25, -0.2) is 0 Å². The first-order valence-electron chi connectivity index (χ1n) is 8.84. The number of hydrogen-bond donors (Lipinski definition) is 0. The Hall–Kier alpha value is -2.93. The summed E-state index contributed by atoms with van der Waals surface area (Å²) in [7, 11) is 5.24. The minimum Gasteiger partial charge on any atom is -0.468 e. The second-order valence-electron chi connectivity index (χ2n) is 6.83. The molecule has 0 aliphatic rings. The van der Waals surface area contributed by atoms with E-state index in [2.05, 4.69) is 11.1 Å². The van der Waals surface area contributed by atoms with Crippen molar-refractivity contribution in [3.63, 3.8) is 0 Å². The van der Waals surface area contributed by atoms with Gasteiger partial charge in [0.15, 0.2) is 4.80 Å². The maximum absolute atomic E-state index is 12.7. The number of anilines is 1. The number of carbonyl (C=O) groups excluding carboxylic acids is 2. The van der Waals surface area contributed by atoms with Gasteiger partial charge in [0.1, 0.15) is 6.54 Å². The lowest BCUT2D eigenvalue weighted by molar-refractivity contribution is -0.141. The lowest BCUT2D eigenvalue weighted by Crippen LogP contribution is -2.22. The van der Waals surface area contributed by atoms with Crippen LogP contribution in [-0.4, -0.2) is 37.6 Å². The summed E-state index contributed by atoms with van der Waals surface area (Å²) in [5.41, 5.74) is 4.55. The third-order valence-electron chi connectivity index (χ3n) is 4.45. The Kier molecular flexibility index (Phi) is 5.65. The highest BCUT2D eigenvalue weighted by molar-refractivity contribution is 7.16. The van der Waals surface area contributed by atoms with Crippen LogP contribution in [0.15, 0.2) is 41.4 Å². The van der Waals surface area contributed by atoms with Gasteiger partial charge in [-0.2, -0.15) is 4.99 Å². The summed E-state index contributed by atoms with van der Waals surface area (Å²) in [5.74, 6) is -0.728. The van der Waals surface area contributed by atoms with E-state index in [-0.39, 0.29) is 18.4 Å². The van der Waals surface area contributed by atoms with Gasteiger partial charge in [0.25, 0.3) is 5.91 Å². The number of nitrogens with zero attached hydrogens (tertiary/aromatic N) is 3. The fraction of sp³-hybridized carbons (Fsp3) is 0.286. The molecule has 0 atom stereocenters. The van der Waals surface area contributed by atoms with Gasteiger partial charge in [0, 0.05) is 25.3 Å². The maximum Gasteiger partial charge on any atom is 0.325 e. The van der Waals surface area contributed by atoms with Gasteiger partial charge < -0.3 is 14.2 Å². The number of rotatable bonds is 4. The zero-order chi connectivity index (χ0) is 20.4. The molecule has 6 nitrogen and oxygen atoms in total. The minimum absolute atomic E-state index is 0.00603. The molecule has 1 amide bonds. The summed E-state index contributed by atoms with van der Waals surface area (Å²) in [4.78, 5) is 31.4. The zero-order valence-corrected chi connectivity index (χ0v) is 17.5. The van der Waals surface area contributed by atoms with Crippen LogP contribution in [-0.2, 0) is 16.1 Å². The Bertz CT molecular complexity index is 1110. The van der Waals surface area contributed by atoms with Crippen LogP contribution in [0.25, 0.3) is 10.2 Å². The van der Waals surface area contributed by atoms with E-state index in [1.807, 2.05) is 51.0 Å². The van der Waals surface area contributed by atoms with Crippen molar-refractivity contribution in [2.24, 2.45) is 4.99 Å². The molecule has 3 aromatic rings. The van der Waals surface area contributed by atoms with E-state index >= 15 is 0 Å². The molecular weight excluding hydrogens is 374 g/mol. The lowest BCUT2D eigenvalue weighted by atomic mass is 10.1. The molecule has 0 aliphatic heterocycles. The summed E-state index contributed by atoms with van der Waals surface area (Å²) in [6.45, 7) is 4.01. The van der Waals surface area contributed by atoms with Gasteiger partial charge in [-0.05, 0) is 55.3 Å². The van der Waals surface area contributed by atoms with Crippen LogP contribution in [0, 0.1) is 13.8 Å². The number of hydrogen-bond acceptors (Lipinski definition) is 5. The molecule has 0 unspecified atom stereocenters. The predicted molar refractivity (Wildman–Crippen MR) is 112 cm³/mol. The van der Waals surface area contributed by atoms with E-state index in [4.69, 9.17) is 4.74 Å². The highest BCUT2D eigenvalue weighted by Crippen LogP contribution is 2.23. The molecule has 0 fully saturated rings. The largest absolute Gasteiger partial charge is 0.468 e. The van der Waals surface area contributed by atoms with Crippen molar-refractivity contribution in [3.8, 4) is 0 Å². The van der Waals surface area contributed by atoms with E-state index in [0.717, 1.165) is 27.0 Å². The molecule has 0 spiro atoms. The Morgan fingerprint density at radius 3 is 2.43 bits per heavy atom. The fourth-order valence-corrected chi connectivity index (χ4v) is 4.27. The second kappa shape index (κ2) is 7.98. The number of carbonyl (C=O) groups is 2. The molecule has 7 heteroatoms. The molecule has 28 heavy (non-hydrogen) atoms. The number of benzene rings is 2. The standard InChI is InChI=1S/C21H23N3O3S/c1-13-10-14(2)19-17(11-13)28-21(24(19)12-18(25)27-5)22-20(26)15-6-8-16(9-7-15)23(3)4/h6-11H,12H2,1-5H3. The van der Waals surface area contributed by atoms with Crippen molar-refractivity contribution in [2.75, 3.05) is 26.1 Å². The molecule has 0 saturated heterocycles. The SMILES string of the molecule is COC(=O)Cn1c(=NC(=O)c2ccc(N(C)C)cc2)sc2cc(C)cc(C)c21. The summed E-state index contributed by atoms with van der Waals surface area (Å²) in [6, 6.07) is 11.4. The highest BCUT2D eigenvalue weighted by atomic mass is 32.1. The van der Waals surface area contributed by atoms with Gasteiger partial charge in [-0.15, -0.1) is 0 Å². The van der Waals surface area contributed by atoms with Crippen molar-refractivity contribution in [3.05, 3.63) is 57.9 Å². The minimum atomic E-state index is -0.385. The molecule has 0 saturated carbocycles. The van der Waals surface area contributed by atoms with E-state index in [1.165, 1.54) is 18.4 Å². The summed E-state index contributed by atoms with van der Waals surface area (Å²) in [6.07, 6.45) is 0. The lowest BCUT2D eigenvalue weighted by Gasteiger charge is -2.11. The van der Waals surface area contributed by atoms with Gasteiger partial charge in [0.2, 0.25) is 0 Å². The van der Waals surface area contributed by atoms with Crippen molar-refractivity contribution in [1.82, 2.24) is 4.57 Å².